The van der Waals surface area contributed by atoms with Crippen LogP contribution in [0, 0.1) is 11.8 Å². The Hall–Kier alpha value is -1.65. The van der Waals surface area contributed by atoms with Crippen LogP contribution in [0.4, 0.5) is 0 Å². The predicted octanol–water partition coefficient (Wildman–Crippen LogP) is 4.20. The van der Waals surface area contributed by atoms with Gasteiger partial charge in [-0.25, -0.2) is 0 Å². The van der Waals surface area contributed by atoms with Crippen molar-refractivity contribution in [2.45, 2.75) is 11.8 Å². The highest BCUT2D eigenvalue weighted by Crippen LogP contribution is 2.17. The average Bonchev–Trinajstić information content (AvgIpc) is 2.40. The minimum absolute atomic E-state index is 1.06. The van der Waals surface area contributed by atoms with Gasteiger partial charge in [0.15, 0.2) is 0 Å². The van der Waals surface area contributed by atoms with Crippen molar-refractivity contribution in [2.24, 2.45) is 0 Å². The first kappa shape index (κ1) is 11.8. The molecule has 0 amide bonds. The second kappa shape index (κ2) is 6.18. The fourth-order valence-electron chi connectivity index (χ4n) is 1.47. The van der Waals surface area contributed by atoms with Gasteiger partial charge >= 0.3 is 0 Å². The highest BCUT2D eigenvalue weighted by Gasteiger charge is 1.91. The second-order valence-corrected chi connectivity index (χ2v) is 4.91. The van der Waals surface area contributed by atoms with Crippen LogP contribution in [0.5, 0.6) is 0 Å². The third-order valence-electron chi connectivity index (χ3n) is 2.29. The molecule has 0 bridgehead atoms. The van der Waals surface area contributed by atoms with Crippen LogP contribution in [0.1, 0.15) is 18.1 Å². The summed E-state index contributed by atoms with van der Waals surface area (Å²) in [5.41, 5.74) is 2.12. The molecule has 0 nitrogen and oxygen atoms in total. The topological polar surface area (TPSA) is 0 Å². The Morgan fingerprint density at radius 1 is 0.824 bits per heavy atom. The van der Waals surface area contributed by atoms with Crippen LogP contribution in [-0.2, 0) is 0 Å². The van der Waals surface area contributed by atoms with Crippen molar-refractivity contribution in [1.29, 1.82) is 0 Å². The van der Waals surface area contributed by atoms with E-state index in [2.05, 4.69) is 43.0 Å². The lowest BCUT2D eigenvalue weighted by atomic mass is 10.2. The fourth-order valence-corrected chi connectivity index (χ4v) is 2.13. The molecule has 0 fully saturated rings. The van der Waals surface area contributed by atoms with E-state index in [1.54, 1.807) is 0 Å². The number of thioether (sulfide) groups is 1. The molecule has 0 aromatic heterocycles. The van der Waals surface area contributed by atoms with E-state index in [0.717, 1.165) is 16.9 Å². The summed E-state index contributed by atoms with van der Waals surface area (Å²) >= 11 is 1.85. The van der Waals surface area contributed by atoms with Gasteiger partial charge in [-0.2, -0.15) is 0 Å². The molecule has 2 aromatic carbocycles. The minimum Gasteiger partial charge on any atom is -0.126 e. The van der Waals surface area contributed by atoms with Crippen molar-refractivity contribution >= 4 is 11.8 Å². The van der Waals surface area contributed by atoms with Crippen molar-refractivity contribution in [3.05, 3.63) is 65.7 Å². The first-order valence-corrected chi connectivity index (χ1v) is 6.67. The number of hydrogen-bond donors (Lipinski definition) is 0. The first-order valence-electron chi connectivity index (χ1n) is 5.68. The molecule has 2 rings (SSSR count). The zero-order valence-corrected chi connectivity index (χ0v) is 10.6. The van der Waals surface area contributed by atoms with Crippen LogP contribution < -0.4 is 0 Å². The molecule has 1 heteroatoms. The Balaban J connectivity index is 2.12. The maximum atomic E-state index is 3.17. The van der Waals surface area contributed by atoms with Crippen LogP contribution in [0.25, 0.3) is 0 Å². The summed E-state index contributed by atoms with van der Waals surface area (Å²) in [5, 5.41) is 0. The molecular formula is C16H14S. The zero-order valence-electron chi connectivity index (χ0n) is 9.81. The number of hydrogen-bond acceptors (Lipinski definition) is 1. The smallest absolute Gasteiger partial charge is 0.0249 e. The van der Waals surface area contributed by atoms with Gasteiger partial charge in [0.05, 0.1) is 0 Å². The summed E-state index contributed by atoms with van der Waals surface area (Å²) in [7, 11) is 0. The molecule has 0 aliphatic carbocycles. The van der Waals surface area contributed by atoms with E-state index in [0.29, 0.717) is 0 Å². The van der Waals surface area contributed by atoms with Crippen molar-refractivity contribution < 1.29 is 0 Å². The SMILES string of the molecule is CCSc1ccc(C#Cc2ccccc2)cc1. The Morgan fingerprint density at radius 3 is 2.00 bits per heavy atom. The fraction of sp³-hybridized carbons (Fsp3) is 0.125. The van der Waals surface area contributed by atoms with Gasteiger partial charge in [0.2, 0.25) is 0 Å². The molecular weight excluding hydrogens is 224 g/mol. The van der Waals surface area contributed by atoms with E-state index in [-0.39, 0.29) is 0 Å². The molecule has 0 aliphatic rings. The predicted molar refractivity (Wildman–Crippen MR) is 75.3 cm³/mol. The van der Waals surface area contributed by atoms with Gasteiger partial charge < -0.3 is 0 Å². The van der Waals surface area contributed by atoms with E-state index in [1.807, 2.05) is 42.1 Å². The summed E-state index contributed by atoms with van der Waals surface area (Å²) in [6.07, 6.45) is 0. The van der Waals surface area contributed by atoms with Crippen molar-refractivity contribution in [3.8, 4) is 11.8 Å². The Bertz CT molecular complexity index is 515. The lowest BCUT2D eigenvalue weighted by molar-refractivity contribution is 1.42. The molecule has 0 aliphatic heterocycles. The van der Waals surface area contributed by atoms with Gasteiger partial charge in [-0.3, -0.25) is 0 Å². The van der Waals surface area contributed by atoms with Crippen molar-refractivity contribution in [1.82, 2.24) is 0 Å². The van der Waals surface area contributed by atoms with Crippen molar-refractivity contribution in [3.63, 3.8) is 0 Å². The number of rotatable bonds is 2. The van der Waals surface area contributed by atoms with Crippen LogP contribution in [0.2, 0.25) is 0 Å². The van der Waals surface area contributed by atoms with E-state index >= 15 is 0 Å². The molecule has 0 spiro atoms. The van der Waals surface area contributed by atoms with Crippen molar-refractivity contribution in [2.75, 3.05) is 5.75 Å². The van der Waals surface area contributed by atoms with Crippen LogP contribution in [0.3, 0.4) is 0 Å². The highest BCUT2D eigenvalue weighted by molar-refractivity contribution is 7.99. The van der Waals surface area contributed by atoms with Crippen LogP contribution >= 0.6 is 11.8 Å². The number of benzene rings is 2. The van der Waals surface area contributed by atoms with Gasteiger partial charge in [0.25, 0.3) is 0 Å². The van der Waals surface area contributed by atoms with Gasteiger partial charge in [-0.1, -0.05) is 37.0 Å². The summed E-state index contributed by atoms with van der Waals surface area (Å²) in [6.45, 7) is 2.16. The van der Waals surface area contributed by atoms with Gasteiger partial charge in [-0.05, 0) is 42.2 Å². The van der Waals surface area contributed by atoms with Crippen LogP contribution in [0.15, 0.2) is 59.5 Å². The van der Waals surface area contributed by atoms with E-state index < -0.39 is 0 Å². The summed E-state index contributed by atoms with van der Waals surface area (Å²) in [5.74, 6) is 7.43. The summed E-state index contributed by atoms with van der Waals surface area (Å²) in [6, 6.07) is 18.5. The molecule has 0 heterocycles. The van der Waals surface area contributed by atoms with Gasteiger partial charge in [0, 0.05) is 16.0 Å². The normalized spacial score (nSPS) is 9.47. The summed E-state index contributed by atoms with van der Waals surface area (Å²) in [4.78, 5) is 1.30. The Labute approximate surface area is 107 Å². The molecule has 0 saturated carbocycles. The minimum atomic E-state index is 1.06. The highest BCUT2D eigenvalue weighted by atomic mass is 32.2. The Kier molecular flexibility index (Phi) is 4.30. The molecule has 84 valence electrons. The van der Waals surface area contributed by atoms with Gasteiger partial charge in [0.1, 0.15) is 0 Å². The molecule has 17 heavy (non-hydrogen) atoms. The van der Waals surface area contributed by atoms with E-state index in [1.165, 1.54) is 4.90 Å². The average molecular weight is 238 g/mol. The molecule has 0 unspecified atom stereocenters. The zero-order chi connectivity index (χ0) is 11.9. The monoisotopic (exact) mass is 238 g/mol. The third-order valence-corrected chi connectivity index (χ3v) is 3.18. The first-order chi connectivity index (χ1) is 8.38. The lowest BCUT2D eigenvalue weighted by Crippen LogP contribution is -1.77. The Morgan fingerprint density at radius 2 is 1.41 bits per heavy atom. The van der Waals surface area contributed by atoms with Gasteiger partial charge in [-0.15, -0.1) is 11.8 Å². The molecule has 0 atom stereocenters. The lowest BCUT2D eigenvalue weighted by Gasteiger charge is -1.97. The largest absolute Gasteiger partial charge is 0.126 e. The molecule has 0 N–H and O–H groups in total. The third kappa shape index (κ3) is 3.69. The molecule has 2 aromatic rings. The second-order valence-electron chi connectivity index (χ2n) is 3.57. The molecule has 0 saturated heterocycles. The summed E-state index contributed by atoms with van der Waals surface area (Å²) < 4.78 is 0. The van der Waals surface area contributed by atoms with E-state index in [9.17, 15) is 0 Å². The maximum absolute atomic E-state index is 3.17. The maximum Gasteiger partial charge on any atom is 0.0249 e. The standard InChI is InChI=1S/C16H14S/c1-2-17-16-12-10-15(11-13-16)9-8-14-6-4-3-5-7-14/h3-7,10-13H,2H2,1H3. The molecule has 0 radical (unpaired) electrons. The quantitative estimate of drug-likeness (QED) is 0.558. The van der Waals surface area contributed by atoms with E-state index in [4.69, 9.17) is 0 Å². The van der Waals surface area contributed by atoms with Crippen LogP contribution in [-0.4, -0.2) is 5.75 Å².